The Morgan fingerprint density at radius 3 is 2.25 bits per heavy atom. The van der Waals surface area contributed by atoms with E-state index in [2.05, 4.69) is 11.1 Å². The lowest BCUT2D eigenvalue weighted by Crippen LogP contribution is -2.41. The lowest BCUT2D eigenvalue weighted by Gasteiger charge is -2.26. The Balaban J connectivity index is 1.77. The molecule has 2 heterocycles. The number of hydrogen-bond donors (Lipinski definition) is 0. The van der Waals surface area contributed by atoms with Crippen molar-refractivity contribution in [3.8, 4) is 6.07 Å². The van der Waals surface area contributed by atoms with Crippen LogP contribution in [-0.2, 0) is 6.54 Å². The zero-order valence-corrected chi connectivity index (χ0v) is 13.1. The lowest BCUT2D eigenvalue weighted by molar-refractivity contribution is 0.0534. The van der Waals surface area contributed by atoms with Crippen LogP contribution in [0.3, 0.4) is 0 Å². The number of pyridine rings is 1. The van der Waals surface area contributed by atoms with Crippen molar-refractivity contribution < 1.29 is 9.59 Å². The molecule has 1 aliphatic heterocycles. The minimum absolute atomic E-state index is 0.163. The number of benzene rings is 1. The number of aromatic nitrogens is 1. The second-order valence-electron chi connectivity index (χ2n) is 5.54. The molecule has 0 spiro atoms. The molecule has 1 aliphatic rings. The summed E-state index contributed by atoms with van der Waals surface area (Å²) in [5, 5.41) is 8.85. The molecule has 0 atom stereocenters. The largest absolute Gasteiger partial charge is 0.280 e. The summed E-state index contributed by atoms with van der Waals surface area (Å²) in [5.41, 5.74) is 1.89. The number of hydrogen-bond acceptors (Lipinski definition) is 5. The maximum absolute atomic E-state index is 12.5. The molecule has 1 aromatic heterocycles. The topological polar surface area (TPSA) is 77.3 Å². The summed E-state index contributed by atoms with van der Waals surface area (Å²) >= 11 is 0. The van der Waals surface area contributed by atoms with Crippen LogP contribution >= 0.6 is 0 Å². The van der Waals surface area contributed by atoms with Gasteiger partial charge in [-0.05, 0) is 29.8 Å². The third-order valence-electron chi connectivity index (χ3n) is 3.91. The van der Waals surface area contributed by atoms with Gasteiger partial charge in [-0.15, -0.1) is 0 Å². The summed E-state index contributed by atoms with van der Waals surface area (Å²) in [7, 11) is 0. The second kappa shape index (κ2) is 7.02. The van der Waals surface area contributed by atoms with Crippen molar-refractivity contribution in [2.75, 3.05) is 13.2 Å². The molecule has 120 valence electrons. The zero-order chi connectivity index (χ0) is 16.9. The average molecular weight is 320 g/mol. The number of nitrogens with zero attached hydrogens (tertiary/aromatic N) is 4. The Kier molecular flexibility index (Phi) is 4.64. The molecule has 1 aromatic carbocycles. The fraction of sp³-hybridized carbons (Fsp3) is 0.222. The summed E-state index contributed by atoms with van der Waals surface area (Å²) < 4.78 is 0. The van der Waals surface area contributed by atoms with Crippen LogP contribution < -0.4 is 0 Å². The highest BCUT2D eigenvalue weighted by Gasteiger charge is 2.35. The van der Waals surface area contributed by atoms with Gasteiger partial charge in [-0.1, -0.05) is 12.1 Å². The smallest absolute Gasteiger partial charge is 0.262 e. The van der Waals surface area contributed by atoms with E-state index in [-0.39, 0.29) is 18.5 Å². The summed E-state index contributed by atoms with van der Waals surface area (Å²) in [4.78, 5) is 32.1. The number of fused-ring (bicyclic) bond motifs is 1. The van der Waals surface area contributed by atoms with Crippen LogP contribution in [-0.4, -0.2) is 39.8 Å². The maximum atomic E-state index is 12.5. The van der Waals surface area contributed by atoms with Gasteiger partial charge in [0.05, 0.1) is 23.9 Å². The first-order valence-electron chi connectivity index (χ1n) is 7.64. The van der Waals surface area contributed by atoms with Gasteiger partial charge in [0.1, 0.15) is 0 Å². The summed E-state index contributed by atoms with van der Waals surface area (Å²) in [6.07, 6.45) is 3.72. The number of carbonyl (C=O) groups is 2. The van der Waals surface area contributed by atoms with Crippen LogP contribution in [0.25, 0.3) is 0 Å². The van der Waals surface area contributed by atoms with E-state index >= 15 is 0 Å². The van der Waals surface area contributed by atoms with Gasteiger partial charge in [0.15, 0.2) is 0 Å². The highest BCUT2D eigenvalue weighted by atomic mass is 16.2. The number of carbonyl (C=O) groups excluding carboxylic acids is 2. The molecule has 0 radical (unpaired) electrons. The van der Waals surface area contributed by atoms with Crippen molar-refractivity contribution in [2.45, 2.75) is 13.0 Å². The Morgan fingerprint density at radius 1 is 1.04 bits per heavy atom. The van der Waals surface area contributed by atoms with Crippen molar-refractivity contribution in [1.29, 1.82) is 5.26 Å². The fourth-order valence-electron chi connectivity index (χ4n) is 2.72. The van der Waals surface area contributed by atoms with E-state index in [1.165, 1.54) is 4.90 Å². The number of nitriles is 1. The van der Waals surface area contributed by atoms with Crippen LogP contribution in [0.5, 0.6) is 0 Å². The molecule has 3 rings (SSSR count). The Hall–Kier alpha value is -3.04. The molecule has 6 heteroatoms. The van der Waals surface area contributed by atoms with Gasteiger partial charge in [0, 0.05) is 31.9 Å². The highest BCUT2D eigenvalue weighted by Crippen LogP contribution is 2.23. The summed E-state index contributed by atoms with van der Waals surface area (Å²) in [6.45, 7) is 1.18. The quantitative estimate of drug-likeness (QED) is 0.761. The minimum Gasteiger partial charge on any atom is -0.280 e. The van der Waals surface area contributed by atoms with Gasteiger partial charge in [0.2, 0.25) is 0 Å². The summed E-state index contributed by atoms with van der Waals surface area (Å²) in [6, 6.07) is 12.7. The minimum atomic E-state index is -0.285. The van der Waals surface area contributed by atoms with Crippen LogP contribution in [0.1, 0.15) is 32.7 Å². The lowest BCUT2D eigenvalue weighted by atomic mass is 10.1. The zero-order valence-electron chi connectivity index (χ0n) is 13.1. The van der Waals surface area contributed by atoms with E-state index < -0.39 is 0 Å². The Labute approximate surface area is 139 Å². The standard InChI is InChI=1S/C18H16N4O2/c19-8-3-11-21(12-14-6-9-20-10-7-14)13-22-17(23)15-4-1-2-5-16(15)18(22)24/h1-2,4-7,9-10H,3,11-13H2. The van der Waals surface area contributed by atoms with E-state index in [4.69, 9.17) is 5.26 Å². The molecule has 0 fully saturated rings. The predicted molar refractivity (Wildman–Crippen MR) is 86.7 cm³/mol. The molecule has 2 amide bonds. The molecule has 24 heavy (non-hydrogen) atoms. The maximum Gasteiger partial charge on any atom is 0.262 e. The monoisotopic (exact) mass is 320 g/mol. The van der Waals surface area contributed by atoms with Crippen molar-refractivity contribution in [1.82, 2.24) is 14.8 Å². The van der Waals surface area contributed by atoms with Crippen molar-refractivity contribution in [3.63, 3.8) is 0 Å². The van der Waals surface area contributed by atoms with Crippen molar-refractivity contribution in [2.24, 2.45) is 0 Å². The van der Waals surface area contributed by atoms with E-state index in [0.29, 0.717) is 30.6 Å². The Bertz CT molecular complexity index is 763. The SMILES string of the molecule is N#CCCN(Cc1ccncc1)CN1C(=O)c2ccccc2C1=O. The first-order valence-corrected chi connectivity index (χ1v) is 7.64. The number of rotatable bonds is 6. The second-order valence-corrected chi connectivity index (χ2v) is 5.54. The summed E-state index contributed by atoms with van der Waals surface area (Å²) in [5.74, 6) is -0.570. The molecule has 0 bridgehead atoms. The normalized spacial score (nSPS) is 13.2. The van der Waals surface area contributed by atoms with Gasteiger partial charge in [-0.3, -0.25) is 24.4 Å². The van der Waals surface area contributed by atoms with Crippen molar-refractivity contribution >= 4 is 11.8 Å². The first-order chi connectivity index (χ1) is 11.7. The molecule has 0 saturated carbocycles. The Morgan fingerprint density at radius 2 is 1.67 bits per heavy atom. The van der Waals surface area contributed by atoms with Gasteiger partial charge in [-0.2, -0.15) is 5.26 Å². The van der Waals surface area contributed by atoms with Gasteiger partial charge >= 0.3 is 0 Å². The highest BCUT2D eigenvalue weighted by molar-refractivity contribution is 6.21. The van der Waals surface area contributed by atoms with Crippen LogP contribution in [0, 0.1) is 11.3 Å². The molecule has 0 unspecified atom stereocenters. The molecule has 2 aromatic rings. The molecule has 0 aliphatic carbocycles. The third kappa shape index (κ3) is 3.16. The molecule has 0 saturated heterocycles. The van der Waals surface area contributed by atoms with Gasteiger partial charge in [0.25, 0.3) is 11.8 Å². The number of imide groups is 1. The van der Waals surface area contributed by atoms with Crippen LogP contribution in [0.4, 0.5) is 0 Å². The van der Waals surface area contributed by atoms with E-state index in [1.54, 1.807) is 36.7 Å². The molecular formula is C18H16N4O2. The van der Waals surface area contributed by atoms with Crippen LogP contribution in [0.15, 0.2) is 48.8 Å². The van der Waals surface area contributed by atoms with E-state index in [1.807, 2.05) is 17.0 Å². The predicted octanol–water partition coefficient (Wildman–Crippen LogP) is 2.05. The molecule has 6 nitrogen and oxygen atoms in total. The first kappa shape index (κ1) is 15.8. The van der Waals surface area contributed by atoms with Gasteiger partial charge < -0.3 is 0 Å². The van der Waals surface area contributed by atoms with Gasteiger partial charge in [-0.25, -0.2) is 0 Å². The van der Waals surface area contributed by atoms with E-state index in [0.717, 1.165) is 5.56 Å². The van der Waals surface area contributed by atoms with Crippen LogP contribution in [0.2, 0.25) is 0 Å². The molecule has 0 N–H and O–H groups in total. The van der Waals surface area contributed by atoms with Crippen molar-refractivity contribution in [3.05, 3.63) is 65.5 Å². The number of amides is 2. The molecular weight excluding hydrogens is 304 g/mol. The third-order valence-corrected chi connectivity index (χ3v) is 3.91. The fourth-order valence-corrected chi connectivity index (χ4v) is 2.72. The van der Waals surface area contributed by atoms with E-state index in [9.17, 15) is 9.59 Å². The average Bonchev–Trinajstić information content (AvgIpc) is 2.86.